The Morgan fingerprint density at radius 1 is 0.542 bits per heavy atom. The SMILES string of the molecule is Brc1ccc2c(c1)C(=NN=c1cccccc1)c1cc(Br)ccc1-2. The number of fused-ring (bicyclic) bond motifs is 3. The van der Waals surface area contributed by atoms with Crippen molar-refractivity contribution in [2.75, 3.05) is 0 Å². The number of halogens is 2. The second-order valence-electron chi connectivity index (χ2n) is 5.46. The Bertz CT molecular complexity index is 964. The van der Waals surface area contributed by atoms with Crippen molar-refractivity contribution < 1.29 is 0 Å². The molecule has 4 rings (SSSR count). The van der Waals surface area contributed by atoms with E-state index in [4.69, 9.17) is 0 Å². The molecule has 3 aromatic rings. The molecule has 0 saturated carbocycles. The zero-order chi connectivity index (χ0) is 16.5. The zero-order valence-electron chi connectivity index (χ0n) is 12.6. The first-order chi connectivity index (χ1) is 11.7. The highest BCUT2D eigenvalue weighted by Crippen LogP contribution is 2.39. The Hall–Kier alpha value is -2.04. The largest absolute Gasteiger partial charge is 0.151 e. The van der Waals surface area contributed by atoms with Gasteiger partial charge in [0.15, 0.2) is 0 Å². The molecule has 0 fully saturated rings. The number of nitrogens with zero attached hydrogens (tertiary/aromatic N) is 2. The van der Waals surface area contributed by atoms with Crippen molar-refractivity contribution in [1.82, 2.24) is 0 Å². The highest BCUT2D eigenvalue weighted by atomic mass is 79.9. The van der Waals surface area contributed by atoms with Gasteiger partial charge >= 0.3 is 0 Å². The Labute approximate surface area is 156 Å². The Morgan fingerprint density at radius 3 is 1.62 bits per heavy atom. The van der Waals surface area contributed by atoms with Gasteiger partial charge in [-0.05, 0) is 47.5 Å². The molecule has 0 unspecified atom stereocenters. The second-order valence-corrected chi connectivity index (χ2v) is 7.29. The summed E-state index contributed by atoms with van der Waals surface area (Å²) < 4.78 is 2.07. The minimum absolute atomic E-state index is 0.826. The summed E-state index contributed by atoms with van der Waals surface area (Å²) >= 11 is 7.12. The lowest BCUT2D eigenvalue weighted by Gasteiger charge is -2.00. The van der Waals surface area contributed by atoms with Crippen LogP contribution < -0.4 is 5.36 Å². The smallest absolute Gasteiger partial charge is 0.101 e. The molecule has 0 radical (unpaired) electrons. The maximum Gasteiger partial charge on any atom is 0.101 e. The van der Waals surface area contributed by atoms with Crippen LogP contribution in [0.3, 0.4) is 0 Å². The summed E-state index contributed by atoms with van der Waals surface area (Å²) in [6.45, 7) is 0. The molecule has 3 aromatic carbocycles. The van der Waals surface area contributed by atoms with Gasteiger partial charge in [0, 0.05) is 20.1 Å². The molecule has 1 aliphatic carbocycles. The molecule has 0 saturated heterocycles. The summed E-state index contributed by atoms with van der Waals surface area (Å²) in [5, 5.41) is 9.86. The topological polar surface area (TPSA) is 24.7 Å². The maximum atomic E-state index is 4.59. The fourth-order valence-electron chi connectivity index (χ4n) is 2.81. The Morgan fingerprint density at radius 2 is 1.08 bits per heavy atom. The van der Waals surface area contributed by atoms with Crippen LogP contribution in [-0.4, -0.2) is 5.71 Å². The molecule has 4 heteroatoms. The third kappa shape index (κ3) is 2.87. The average Bonchev–Trinajstić information content (AvgIpc) is 2.73. The number of hydrogen-bond donors (Lipinski definition) is 0. The molecular formula is C20H12Br2N2. The van der Waals surface area contributed by atoms with Crippen molar-refractivity contribution in [3.8, 4) is 11.1 Å². The minimum Gasteiger partial charge on any atom is -0.151 e. The third-order valence-electron chi connectivity index (χ3n) is 3.90. The fraction of sp³-hybridized carbons (Fsp3) is 0. The Kier molecular flexibility index (Phi) is 4.17. The molecule has 0 N–H and O–H groups in total. The molecule has 0 amide bonds. The summed E-state index contributed by atoms with van der Waals surface area (Å²) in [5.74, 6) is 0. The molecule has 0 aromatic heterocycles. The van der Waals surface area contributed by atoms with E-state index in [1.54, 1.807) is 0 Å². The lowest BCUT2D eigenvalue weighted by molar-refractivity contribution is 1.14. The van der Waals surface area contributed by atoms with Gasteiger partial charge in [0.2, 0.25) is 0 Å². The minimum atomic E-state index is 0.826. The van der Waals surface area contributed by atoms with E-state index in [9.17, 15) is 0 Å². The van der Waals surface area contributed by atoms with Crippen LogP contribution in [0.15, 0.2) is 91.9 Å². The molecular weight excluding hydrogens is 428 g/mol. The first-order valence-corrected chi connectivity index (χ1v) is 9.08. The molecule has 0 spiro atoms. The lowest BCUT2D eigenvalue weighted by Crippen LogP contribution is -2.00. The van der Waals surface area contributed by atoms with Gasteiger partial charge in [-0.3, -0.25) is 0 Å². The van der Waals surface area contributed by atoms with E-state index in [0.29, 0.717) is 0 Å². The predicted molar refractivity (Wildman–Crippen MR) is 105 cm³/mol. The van der Waals surface area contributed by atoms with Gasteiger partial charge in [-0.2, -0.15) is 5.10 Å². The van der Waals surface area contributed by atoms with E-state index in [2.05, 4.69) is 78.5 Å². The summed E-state index contributed by atoms with van der Waals surface area (Å²) in [7, 11) is 0. The number of hydrogen-bond acceptors (Lipinski definition) is 2. The third-order valence-corrected chi connectivity index (χ3v) is 4.88. The second kappa shape index (κ2) is 6.46. The van der Waals surface area contributed by atoms with Gasteiger partial charge in [-0.1, -0.05) is 68.3 Å². The van der Waals surface area contributed by atoms with Crippen LogP contribution in [-0.2, 0) is 0 Å². The normalized spacial score (nSPS) is 11.7. The van der Waals surface area contributed by atoms with Crippen molar-refractivity contribution in [2.24, 2.45) is 10.2 Å². The van der Waals surface area contributed by atoms with Gasteiger partial charge in [-0.15, -0.1) is 5.10 Å². The zero-order valence-corrected chi connectivity index (χ0v) is 15.8. The number of benzene rings is 2. The van der Waals surface area contributed by atoms with Crippen LogP contribution in [0.1, 0.15) is 11.1 Å². The van der Waals surface area contributed by atoms with Crippen LogP contribution in [0, 0.1) is 0 Å². The average molecular weight is 440 g/mol. The first kappa shape index (κ1) is 15.5. The van der Waals surface area contributed by atoms with Gasteiger partial charge in [0.1, 0.15) is 5.71 Å². The molecule has 0 bridgehead atoms. The van der Waals surface area contributed by atoms with Crippen molar-refractivity contribution in [2.45, 2.75) is 0 Å². The van der Waals surface area contributed by atoms with E-state index >= 15 is 0 Å². The van der Waals surface area contributed by atoms with Gasteiger partial charge in [-0.25, -0.2) is 0 Å². The molecule has 0 atom stereocenters. The lowest BCUT2D eigenvalue weighted by atomic mass is 10.1. The standard InChI is InChI=1S/C20H12Br2N2/c21-13-7-9-16-17-10-8-14(22)12-19(17)20(18(16)11-13)24-23-15-5-3-1-2-4-6-15/h1-12H. The van der Waals surface area contributed by atoms with Crippen molar-refractivity contribution >= 4 is 37.6 Å². The van der Waals surface area contributed by atoms with Crippen LogP contribution in [0.25, 0.3) is 11.1 Å². The van der Waals surface area contributed by atoms with E-state index < -0.39 is 0 Å². The van der Waals surface area contributed by atoms with E-state index in [0.717, 1.165) is 31.1 Å². The first-order valence-electron chi connectivity index (χ1n) is 7.50. The van der Waals surface area contributed by atoms with Gasteiger partial charge < -0.3 is 0 Å². The highest BCUT2D eigenvalue weighted by Gasteiger charge is 2.25. The monoisotopic (exact) mass is 438 g/mol. The molecule has 24 heavy (non-hydrogen) atoms. The van der Waals surface area contributed by atoms with Crippen LogP contribution in [0.4, 0.5) is 0 Å². The molecule has 116 valence electrons. The van der Waals surface area contributed by atoms with E-state index in [1.807, 2.05) is 36.4 Å². The maximum absolute atomic E-state index is 4.59. The fourth-order valence-corrected chi connectivity index (χ4v) is 3.54. The molecule has 1 aliphatic rings. The number of rotatable bonds is 1. The van der Waals surface area contributed by atoms with Crippen LogP contribution >= 0.6 is 31.9 Å². The quantitative estimate of drug-likeness (QED) is 0.347. The van der Waals surface area contributed by atoms with Crippen molar-refractivity contribution in [3.63, 3.8) is 0 Å². The van der Waals surface area contributed by atoms with Crippen molar-refractivity contribution in [1.29, 1.82) is 0 Å². The van der Waals surface area contributed by atoms with Crippen molar-refractivity contribution in [3.05, 3.63) is 98.2 Å². The summed E-state index contributed by atoms with van der Waals surface area (Å²) in [5.41, 5.74) is 5.47. The van der Waals surface area contributed by atoms with E-state index in [1.165, 1.54) is 11.1 Å². The summed E-state index contributed by atoms with van der Waals surface area (Å²) in [6, 6.07) is 24.3. The van der Waals surface area contributed by atoms with Crippen LogP contribution in [0.5, 0.6) is 0 Å². The molecule has 2 nitrogen and oxygen atoms in total. The summed E-state index contributed by atoms with van der Waals surface area (Å²) in [4.78, 5) is 0. The predicted octanol–water partition coefficient (Wildman–Crippen LogP) is 5.55. The van der Waals surface area contributed by atoms with E-state index in [-0.39, 0.29) is 0 Å². The van der Waals surface area contributed by atoms with Gasteiger partial charge in [0.25, 0.3) is 0 Å². The van der Waals surface area contributed by atoms with Crippen LogP contribution in [0.2, 0.25) is 0 Å². The molecule has 0 aliphatic heterocycles. The highest BCUT2D eigenvalue weighted by molar-refractivity contribution is 9.10. The molecule has 0 heterocycles. The van der Waals surface area contributed by atoms with Gasteiger partial charge in [0.05, 0.1) is 5.36 Å². The Balaban J connectivity index is 1.96. The summed E-state index contributed by atoms with van der Waals surface area (Å²) in [6.07, 6.45) is 0.